The van der Waals surface area contributed by atoms with Crippen molar-refractivity contribution in [2.75, 3.05) is 6.54 Å². The second kappa shape index (κ2) is 5.83. The highest BCUT2D eigenvalue weighted by Crippen LogP contribution is 2.35. The summed E-state index contributed by atoms with van der Waals surface area (Å²) in [5, 5.41) is 10.4. The van der Waals surface area contributed by atoms with E-state index in [-0.39, 0.29) is 11.9 Å². The number of hydrogen-bond acceptors (Lipinski definition) is 4. The Labute approximate surface area is 134 Å². The Kier molecular flexibility index (Phi) is 3.70. The van der Waals surface area contributed by atoms with Crippen LogP contribution >= 0.6 is 11.3 Å². The fourth-order valence-electron chi connectivity index (χ4n) is 3.23. The lowest BCUT2D eigenvalue weighted by atomic mass is 10.0. The molecular formula is C16H20N4OS. The second-order valence-corrected chi connectivity index (χ2v) is 7.22. The number of carbonyl (C=O) groups is 1. The van der Waals surface area contributed by atoms with Crippen molar-refractivity contribution in [3.8, 4) is 0 Å². The summed E-state index contributed by atoms with van der Waals surface area (Å²) >= 11 is 1.51. The first-order chi connectivity index (χ1) is 10.8. The van der Waals surface area contributed by atoms with Crippen LogP contribution in [0.25, 0.3) is 0 Å². The molecule has 4 rings (SSSR count). The summed E-state index contributed by atoms with van der Waals surface area (Å²) in [5.74, 6) is 1.89. The van der Waals surface area contributed by atoms with Crippen LogP contribution in [0.2, 0.25) is 0 Å². The van der Waals surface area contributed by atoms with Crippen molar-refractivity contribution >= 4 is 17.2 Å². The molecular weight excluding hydrogens is 296 g/mol. The first kappa shape index (κ1) is 13.9. The Morgan fingerprint density at radius 3 is 3.00 bits per heavy atom. The molecule has 0 spiro atoms. The van der Waals surface area contributed by atoms with E-state index in [0.29, 0.717) is 0 Å². The number of likely N-dealkylation sites (tertiary alicyclic amines) is 1. The molecule has 1 aliphatic carbocycles. The average molecular weight is 316 g/mol. The van der Waals surface area contributed by atoms with Crippen molar-refractivity contribution in [2.24, 2.45) is 5.92 Å². The van der Waals surface area contributed by atoms with E-state index in [1.54, 1.807) is 0 Å². The SMILES string of the molecule is O=C(c1cccs1)N1CCCC[C@@H]1c1nncn1CC1CC1. The number of carbonyl (C=O) groups excluding carboxylic acids is 1. The molecule has 2 aromatic rings. The highest BCUT2D eigenvalue weighted by Gasteiger charge is 2.33. The molecule has 0 radical (unpaired) electrons. The largest absolute Gasteiger partial charge is 0.328 e. The summed E-state index contributed by atoms with van der Waals surface area (Å²) in [4.78, 5) is 15.6. The Balaban J connectivity index is 1.60. The lowest BCUT2D eigenvalue weighted by molar-refractivity contribution is 0.0599. The van der Waals surface area contributed by atoms with Crippen molar-refractivity contribution in [3.05, 3.63) is 34.5 Å². The number of hydrogen-bond donors (Lipinski definition) is 0. The molecule has 5 nitrogen and oxygen atoms in total. The van der Waals surface area contributed by atoms with Crippen LogP contribution in [0.1, 0.15) is 53.6 Å². The number of piperidine rings is 1. The zero-order valence-corrected chi connectivity index (χ0v) is 13.3. The van der Waals surface area contributed by atoms with Crippen LogP contribution in [0.15, 0.2) is 23.8 Å². The van der Waals surface area contributed by atoms with Crippen molar-refractivity contribution in [2.45, 2.75) is 44.7 Å². The van der Waals surface area contributed by atoms with Crippen LogP contribution in [0.5, 0.6) is 0 Å². The fraction of sp³-hybridized carbons (Fsp3) is 0.562. The van der Waals surface area contributed by atoms with E-state index >= 15 is 0 Å². The summed E-state index contributed by atoms with van der Waals surface area (Å²) in [5.41, 5.74) is 0. The molecule has 1 saturated heterocycles. The molecule has 0 N–H and O–H groups in total. The zero-order valence-electron chi connectivity index (χ0n) is 12.5. The van der Waals surface area contributed by atoms with Crippen LogP contribution in [-0.2, 0) is 6.54 Å². The zero-order chi connectivity index (χ0) is 14.9. The van der Waals surface area contributed by atoms with Gasteiger partial charge in [0.25, 0.3) is 5.91 Å². The van der Waals surface area contributed by atoms with E-state index in [0.717, 1.165) is 49.0 Å². The summed E-state index contributed by atoms with van der Waals surface area (Å²) in [6, 6.07) is 3.92. The first-order valence-corrected chi connectivity index (χ1v) is 8.93. The van der Waals surface area contributed by atoms with Gasteiger partial charge in [0, 0.05) is 13.1 Å². The molecule has 6 heteroatoms. The third-order valence-electron chi connectivity index (χ3n) is 4.59. The molecule has 1 saturated carbocycles. The highest BCUT2D eigenvalue weighted by molar-refractivity contribution is 7.12. The maximum atomic E-state index is 12.8. The molecule has 116 valence electrons. The molecule has 2 fully saturated rings. The van der Waals surface area contributed by atoms with Crippen molar-refractivity contribution in [3.63, 3.8) is 0 Å². The van der Waals surface area contributed by atoms with Crippen LogP contribution in [-0.4, -0.2) is 32.1 Å². The van der Waals surface area contributed by atoms with E-state index in [2.05, 4.69) is 14.8 Å². The highest BCUT2D eigenvalue weighted by atomic mass is 32.1. The summed E-state index contributed by atoms with van der Waals surface area (Å²) in [7, 11) is 0. The molecule has 0 unspecified atom stereocenters. The predicted molar refractivity (Wildman–Crippen MR) is 84.7 cm³/mol. The van der Waals surface area contributed by atoms with Crippen molar-refractivity contribution in [1.29, 1.82) is 0 Å². The van der Waals surface area contributed by atoms with Gasteiger partial charge in [-0.1, -0.05) is 6.07 Å². The predicted octanol–water partition coefficient (Wildman–Crippen LogP) is 3.12. The minimum atomic E-state index is 0.0737. The van der Waals surface area contributed by atoms with E-state index in [4.69, 9.17) is 0 Å². The van der Waals surface area contributed by atoms with E-state index < -0.39 is 0 Å². The van der Waals surface area contributed by atoms with E-state index in [1.807, 2.05) is 28.7 Å². The number of nitrogens with zero attached hydrogens (tertiary/aromatic N) is 4. The van der Waals surface area contributed by atoms with Gasteiger partial charge < -0.3 is 9.47 Å². The lowest BCUT2D eigenvalue weighted by Crippen LogP contribution is -2.39. The molecule has 2 aliphatic rings. The molecule has 1 aliphatic heterocycles. The lowest BCUT2D eigenvalue weighted by Gasteiger charge is -2.35. The van der Waals surface area contributed by atoms with Gasteiger partial charge in [-0.25, -0.2) is 0 Å². The van der Waals surface area contributed by atoms with E-state index in [9.17, 15) is 4.79 Å². The normalized spacial score (nSPS) is 22.0. The third-order valence-corrected chi connectivity index (χ3v) is 5.45. The molecule has 1 atom stereocenters. The van der Waals surface area contributed by atoms with Crippen LogP contribution in [0.3, 0.4) is 0 Å². The van der Waals surface area contributed by atoms with Gasteiger partial charge >= 0.3 is 0 Å². The van der Waals surface area contributed by atoms with Crippen molar-refractivity contribution < 1.29 is 4.79 Å². The molecule has 2 aromatic heterocycles. The topological polar surface area (TPSA) is 51.0 Å². The monoisotopic (exact) mass is 316 g/mol. The maximum absolute atomic E-state index is 12.8. The number of aromatic nitrogens is 3. The molecule has 1 amide bonds. The first-order valence-electron chi connectivity index (χ1n) is 8.05. The Bertz CT molecular complexity index is 647. The third kappa shape index (κ3) is 2.67. The van der Waals surface area contributed by atoms with Gasteiger partial charge in [0.1, 0.15) is 6.33 Å². The van der Waals surface area contributed by atoms with Crippen LogP contribution in [0, 0.1) is 5.92 Å². The summed E-state index contributed by atoms with van der Waals surface area (Å²) in [6.07, 6.45) is 7.65. The van der Waals surface area contributed by atoms with Gasteiger partial charge in [0.15, 0.2) is 5.82 Å². The van der Waals surface area contributed by atoms with Gasteiger partial charge in [-0.15, -0.1) is 21.5 Å². The Hall–Kier alpha value is -1.69. The summed E-state index contributed by atoms with van der Waals surface area (Å²) < 4.78 is 2.17. The smallest absolute Gasteiger partial charge is 0.264 e. The molecule has 0 aromatic carbocycles. The van der Waals surface area contributed by atoms with Gasteiger partial charge in [-0.3, -0.25) is 4.79 Å². The van der Waals surface area contributed by atoms with Crippen LogP contribution < -0.4 is 0 Å². The van der Waals surface area contributed by atoms with Gasteiger partial charge in [0.05, 0.1) is 10.9 Å². The van der Waals surface area contributed by atoms with Gasteiger partial charge in [-0.05, 0) is 49.5 Å². The van der Waals surface area contributed by atoms with Crippen LogP contribution in [0.4, 0.5) is 0 Å². The fourth-order valence-corrected chi connectivity index (χ4v) is 3.91. The van der Waals surface area contributed by atoms with Gasteiger partial charge in [0.2, 0.25) is 0 Å². The molecule has 3 heterocycles. The number of thiophene rings is 1. The number of amides is 1. The Morgan fingerprint density at radius 1 is 1.32 bits per heavy atom. The van der Waals surface area contributed by atoms with Gasteiger partial charge in [-0.2, -0.15) is 0 Å². The quantitative estimate of drug-likeness (QED) is 0.871. The Morgan fingerprint density at radius 2 is 2.23 bits per heavy atom. The minimum absolute atomic E-state index is 0.0737. The van der Waals surface area contributed by atoms with E-state index in [1.165, 1.54) is 24.2 Å². The summed E-state index contributed by atoms with van der Waals surface area (Å²) in [6.45, 7) is 1.82. The maximum Gasteiger partial charge on any atom is 0.264 e. The average Bonchev–Trinajstić information content (AvgIpc) is 3.03. The van der Waals surface area contributed by atoms with Crippen molar-refractivity contribution in [1.82, 2.24) is 19.7 Å². The standard InChI is InChI=1S/C16H20N4OS/c21-16(14-5-3-9-22-14)20-8-2-1-4-13(20)15-18-17-11-19(15)10-12-6-7-12/h3,5,9,11-13H,1-2,4,6-8,10H2/t13-/m1/s1. The second-order valence-electron chi connectivity index (χ2n) is 6.27. The molecule has 22 heavy (non-hydrogen) atoms. The molecule has 0 bridgehead atoms. The minimum Gasteiger partial charge on any atom is -0.328 e. The number of rotatable bonds is 4.